The standard InChI is InChI=1S/C26H28O2.C13H14O/c1-15-7-9-19-21(11-15)17(3)13-23(27-5)25(19)26-20-10-8-16(2)12-22(20)18(4)14-24(26)28-6;1-9-4-5-11-8-12(14-3)7-10(2)13(11)6-9/h7-13,24H,14H2,1-6H3;4-8H,1-3H3. The molecule has 0 saturated heterocycles. The van der Waals surface area contributed by atoms with E-state index in [4.69, 9.17) is 14.2 Å². The first kappa shape index (κ1) is 29.4. The van der Waals surface area contributed by atoms with E-state index in [9.17, 15) is 0 Å². The molecular formula is C39H42O3. The van der Waals surface area contributed by atoms with Crippen LogP contribution in [0.15, 0.2) is 72.8 Å². The van der Waals surface area contributed by atoms with Crippen LogP contribution in [0.4, 0.5) is 0 Å². The van der Waals surface area contributed by atoms with E-state index >= 15 is 0 Å². The van der Waals surface area contributed by atoms with E-state index < -0.39 is 0 Å². The third-order valence-corrected chi connectivity index (χ3v) is 8.50. The van der Waals surface area contributed by atoms with Crippen LogP contribution < -0.4 is 19.9 Å². The Morgan fingerprint density at radius 1 is 0.571 bits per heavy atom. The summed E-state index contributed by atoms with van der Waals surface area (Å²) >= 11 is 0. The summed E-state index contributed by atoms with van der Waals surface area (Å²) in [6.45, 7) is 12.9. The number of ether oxygens (including phenoxy) is 3. The maximum atomic E-state index is 6.00. The predicted molar refractivity (Wildman–Crippen MR) is 177 cm³/mol. The molecule has 0 aromatic heterocycles. The number of benzene rings is 5. The van der Waals surface area contributed by atoms with E-state index in [-0.39, 0.29) is 6.10 Å². The van der Waals surface area contributed by atoms with Crippen molar-refractivity contribution in [2.45, 2.75) is 54.1 Å². The lowest BCUT2D eigenvalue weighted by atomic mass is 9.84. The molecule has 1 atom stereocenters. The molecule has 0 fully saturated rings. The van der Waals surface area contributed by atoms with Crippen molar-refractivity contribution in [3.8, 4) is 11.5 Å². The highest BCUT2D eigenvalue weighted by Gasteiger charge is 2.26. The molecule has 6 rings (SSSR count). The van der Waals surface area contributed by atoms with Crippen LogP contribution in [-0.4, -0.2) is 27.4 Å². The lowest BCUT2D eigenvalue weighted by Gasteiger charge is -2.27. The Bertz CT molecular complexity index is 1930. The van der Waals surface area contributed by atoms with Crippen molar-refractivity contribution in [2.24, 2.45) is 0 Å². The van der Waals surface area contributed by atoms with Gasteiger partial charge in [0.15, 0.2) is 0 Å². The fraction of sp³-hybridized carbons (Fsp3) is 0.282. The Morgan fingerprint density at radius 3 is 1.90 bits per heavy atom. The molecule has 1 aliphatic rings. The summed E-state index contributed by atoms with van der Waals surface area (Å²) in [6.07, 6.45) is 0.906. The van der Waals surface area contributed by atoms with Gasteiger partial charge < -0.3 is 14.2 Å². The molecule has 0 amide bonds. The first-order chi connectivity index (χ1) is 20.1. The van der Waals surface area contributed by atoms with Crippen molar-refractivity contribution < 1.29 is 14.2 Å². The van der Waals surface area contributed by atoms with Gasteiger partial charge >= 0.3 is 0 Å². The summed E-state index contributed by atoms with van der Waals surface area (Å²) in [7, 11) is 5.27. The zero-order valence-electron chi connectivity index (χ0n) is 26.4. The average molecular weight is 559 g/mol. The number of methoxy groups -OCH3 is 3. The molecule has 5 aromatic carbocycles. The summed E-state index contributed by atoms with van der Waals surface area (Å²) in [6, 6.07) is 26.2. The molecule has 5 aromatic rings. The summed E-state index contributed by atoms with van der Waals surface area (Å²) in [5.74, 6) is 1.84. The molecule has 0 aliphatic heterocycles. The molecule has 1 aliphatic carbocycles. The first-order valence-corrected chi connectivity index (χ1v) is 14.6. The fourth-order valence-corrected chi connectivity index (χ4v) is 6.27. The smallest absolute Gasteiger partial charge is 0.127 e. The van der Waals surface area contributed by atoms with Crippen LogP contribution in [-0.2, 0) is 4.74 Å². The van der Waals surface area contributed by atoms with E-state index in [1.165, 1.54) is 70.9 Å². The van der Waals surface area contributed by atoms with Gasteiger partial charge in [0.05, 0.1) is 20.3 Å². The molecule has 0 spiro atoms. The van der Waals surface area contributed by atoms with Crippen molar-refractivity contribution in [3.63, 3.8) is 0 Å². The molecule has 0 radical (unpaired) electrons. The molecule has 3 heteroatoms. The van der Waals surface area contributed by atoms with Gasteiger partial charge in [0.25, 0.3) is 0 Å². The first-order valence-electron chi connectivity index (χ1n) is 14.6. The lowest BCUT2D eigenvalue weighted by Crippen LogP contribution is -2.38. The lowest BCUT2D eigenvalue weighted by molar-refractivity contribution is 0.151. The third kappa shape index (κ3) is 5.54. The van der Waals surface area contributed by atoms with Crippen LogP contribution in [0.2, 0.25) is 0 Å². The van der Waals surface area contributed by atoms with Crippen LogP contribution in [0.25, 0.3) is 32.7 Å². The molecule has 216 valence electrons. The van der Waals surface area contributed by atoms with Crippen LogP contribution >= 0.6 is 0 Å². The minimum absolute atomic E-state index is 0.0105. The topological polar surface area (TPSA) is 27.7 Å². The predicted octanol–water partition coefficient (Wildman–Crippen LogP) is 8.03. The number of hydrogen-bond donors (Lipinski definition) is 0. The fourth-order valence-electron chi connectivity index (χ4n) is 6.27. The van der Waals surface area contributed by atoms with Crippen molar-refractivity contribution in [1.82, 2.24) is 0 Å². The van der Waals surface area contributed by atoms with E-state index in [1.807, 2.05) is 7.11 Å². The van der Waals surface area contributed by atoms with E-state index in [1.54, 1.807) is 14.2 Å². The molecule has 3 nitrogen and oxygen atoms in total. The summed E-state index contributed by atoms with van der Waals surface area (Å²) in [4.78, 5) is 0. The van der Waals surface area contributed by atoms with E-state index in [0.717, 1.165) is 23.5 Å². The normalized spacial score (nSPS) is 14.5. The highest BCUT2D eigenvalue weighted by molar-refractivity contribution is 6.00. The van der Waals surface area contributed by atoms with Gasteiger partial charge in [0, 0.05) is 18.2 Å². The highest BCUT2D eigenvalue weighted by atomic mass is 16.5. The third-order valence-electron chi connectivity index (χ3n) is 8.50. The Labute approximate surface area is 250 Å². The van der Waals surface area contributed by atoms with Gasteiger partial charge in [-0.1, -0.05) is 76.9 Å². The second-order valence-corrected chi connectivity index (χ2v) is 11.7. The molecule has 0 heterocycles. The quantitative estimate of drug-likeness (QED) is 0.224. The van der Waals surface area contributed by atoms with Crippen LogP contribution in [0, 0.1) is 34.6 Å². The second-order valence-electron chi connectivity index (χ2n) is 11.7. The van der Waals surface area contributed by atoms with Gasteiger partial charge in [-0.2, -0.15) is 0 Å². The van der Waals surface area contributed by atoms with Crippen LogP contribution in [0.3, 0.4) is 0 Å². The monoisotopic (exact) mass is 558 g/mol. The Kier molecular flexibility index (Phi) is 8.43. The minimum atomic E-state index is 0.0105. The second kappa shape index (κ2) is 12.0. The maximum absolute atomic E-state index is 6.00. The van der Waals surface area contributed by atoms with E-state index in [0.29, 0.717) is 0 Å². The summed E-state index contributed by atoms with van der Waals surface area (Å²) < 4.78 is 17.1. The number of aryl methyl sites for hydroxylation is 5. The SMILES string of the molecule is COc1cc(C)c2cc(C)ccc2c1.COc1cc(C)c2cc(C)ccc2c1C1=c2ccc(C)cc2=C(C)CC1OC. The van der Waals surface area contributed by atoms with Gasteiger partial charge in [-0.05, 0) is 109 Å². The van der Waals surface area contributed by atoms with Gasteiger partial charge in [-0.3, -0.25) is 0 Å². The molecular weight excluding hydrogens is 516 g/mol. The number of hydrogen-bond acceptors (Lipinski definition) is 3. The zero-order chi connectivity index (χ0) is 30.1. The molecule has 0 bridgehead atoms. The Hall–Kier alpha value is -4.08. The molecule has 0 N–H and O–H groups in total. The molecule has 1 unspecified atom stereocenters. The van der Waals surface area contributed by atoms with Crippen molar-refractivity contribution in [2.75, 3.05) is 21.3 Å². The number of rotatable bonds is 4. The van der Waals surface area contributed by atoms with Crippen LogP contribution in [0.5, 0.6) is 11.5 Å². The Morgan fingerprint density at radius 2 is 1.21 bits per heavy atom. The average Bonchev–Trinajstić information content (AvgIpc) is 2.98. The van der Waals surface area contributed by atoms with Gasteiger partial charge in [-0.15, -0.1) is 0 Å². The van der Waals surface area contributed by atoms with Gasteiger partial charge in [0.2, 0.25) is 0 Å². The van der Waals surface area contributed by atoms with Crippen molar-refractivity contribution in [3.05, 3.63) is 117 Å². The van der Waals surface area contributed by atoms with Crippen molar-refractivity contribution >= 4 is 32.7 Å². The maximum Gasteiger partial charge on any atom is 0.127 e. The Balaban J connectivity index is 0.000000211. The molecule has 0 saturated carbocycles. The summed E-state index contributed by atoms with van der Waals surface area (Å²) in [5.41, 5.74) is 10.1. The van der Waals surface area contributed by atoms with Crippen molar-refractivity contribution in [1.29, 1.82) is 0 Å². The minimum Gasteiger partial charge on any atom is -0.497 e. The van der Waals surface area contributed by atoms with E-state index in [2.05, 4.69) is 114 Å². The van der Waals surface area contributed by atoms with Gasteiger partial charge in [-0.25, -0.2) is 0 Å². The molecule has 42 heavy (non-hydrogen) atoms. The zero-order valence-corrected chi connectivity index (χ0v) is 26.4. The summed E-state index contributed by atoms with van der Waals surface area (Å²) in [5, 5.41) is 7.64. The largest absolute Gasteiger partial charge is 0.497 e. The van der Waals surface area contributed by atoms with Crippen LogP contribution in [0.1, 0.15) is 46.7 Å². The number of fused-ring (bicyclic) bond motifs is 3. The highest BCUT2D eigenvalue weighted by Crippen LogP contribution is 2.39. The van der Waals surface area contributed by atoms with Gasteiger partial charge in [0.1, 0.15) is 11.5 Å².